The number of aromatic amines is 1. The van der Waals surface area contributed by atoms with Crippen molar-refractivity contribution in [2.45, 2.75) is 13.2 Å². The van der Waals surface area contributed by atoms with Crippen molar-refractivity contribution >= 4 is 22.5 Å². The van der Waals surface area contributed by atoms with E-state index >= 15 is 0 Å². The molecule has 0 spiro atoms. The first-order chi connectivity index (χ1) is 16.7. The maximum Gasteiger partial charge on any atom is 0.148 e. The maximum atomic E-state index is 6.28. The summed E-state index contributed by atoms with van der Waals surface area (Å²) in [5.74, 6) is 7.92. The standard InChI is InChI=1S/C30H22ClNO2/c31-26-15-13-22(14-16-26)11-12-25-17-27-30(28(18-25)33-20-23-7-3-1-4-8-23)29(19-32-27)34-21-24-9-5-2-6-10-24/h1-10,13-19,32H,20-21H2. The molecule has 5 aromatic rings. The zero-order valence-electron chi connectivity index (χ0n) is 18.4. The molecule has 1 aromatic heterocycles. The molecule has 3 nitrogen and oxygen atoms in total. The lowest BCUT2D eigenvalue weighted by Gasteiger charge is -2.11. The Bertz CT molecular complexity index is 1450. The molecule has 0 radical (unpaired) electrons. The minimum Gasteiger partial charge on any atom is -0.488 e. The highest BCUT2D eigenvalue weighted by atomic mass is 35.5. The van der Waals surface area contributed by atoms with E-state index in [4.69, 9.17) is 21.1 Å². The smallest absolute Gasteiger partial charge is 0.148 e. The number of rotatable bonds is 6. The molecule has 0 amide bonds. The van der Waals surface area contributed by atoms with Crippen molar-refractivity contribution in [2.24, 2.45) is 0 Å². The fourth-order valence-corrected chi connectivity index (χ4v) is 3.77. The summed E-state index contributed by atoms with van der Waals surface area (Å²) < 4.78 is 12.4. The van der Waals surface area contributed by atoms with Crippen molar-refractivity contribution in [3.05, 3.63) is 131 Å². The van der Waals surface area contributed by atoms with Gasteiger partial charge in [0.05, 0.1) is 10.9 Å². The van der Waals surface area contributed by atoms with E-state index in [9.17, 15) is 0 Å². The van der Waals surface area contributed by atoms with Crippen LogP contribution in [-0.2, 0) is 13.2 Å². The lowest BCUT2D eigenvalue weighted by atomic mass is 10.1. The van der Waals surface area contributed by atoms with Crippen molar-refractivity contribution < 1.29 is 9.47 Å². The van der Waals surface area contributed by atoms with E-state index in [2.05, 4.69) is 16.8 Å². The predicted octanol–water partition coefficient (Wildman–Crippen LogP) is 7.38. The minimum absolute atomic E-state index is 0.452. The molecule has 34 heavy (non-hydrogen) atoms. The van der Waals surface area contributed by atoms with Crippen molar-refractivity contribution in [3.8, 4) is 23.3 Å². The lowest BCUT2D eigenvalue weighted by molar-refractivity contribution is 0.298. The number of benzene rings is 4. The monoisotopic (exact) mass is 463 g/mol. The third-order valence-corrected chi connectivity index (χ3v) is 5.63. The van der Waals surface area contributed by atoms with Gasteiger partial charge in [-0.2, -0.15) is 0 Å². The van der Waals surface area contributed by atoms with Gasteiger partial charge in [0, 0.05) is 22.3 Å². The van der Waals surface area contributed by atoms with Crippen LogP contribution in [0.25, 0.3) is 10.9 Å². The van der Waals surface area contributed by atoms with Gasteiger partial charge in [-0.3, -0.25) is 0 Å². The first-order valence-electron chi connectivity index (χ1n) is 11.0. The quantitative estimate of drug-likeness (QED) is 0.266. The molecule has 5 rings (SSSR count). The van der Waals surface area contributed by atoms with E-state index < -0.39 is 0 Å². The van der Waals surface area contributed by atoms with Crippen molar-refractivity contribution in [3.63, 3.8) is 0 Å². The number of hydrogen-bond acceptors (Lipinski definition) is 2. The molecule has 0 unspecified atom stereocenters. The number of hydrogen-bond donors (Lipinski definition) is 1. The molecule has 0 saturated carbocycles. The fourth-order valence-electron chi connectivity index (χ4n) is 3.65. The van der Waals surface area contributed by atoms with Crippen LogP contribution in [0.5, 0.6) is 11.5 Å². The van der Waals surface area contributed by atoms with Crippen LogP contribution in [-0.4, -0.2) is 4.98 Å². The summed E-state index contributed by atoms with van der Waals surface area (Å²) in [5.41, 5.74) is 4.86. The molecule has 4 aromatic carbocycles. The molecule has 0 aliphatic heterocycles. The van der Waals surface area contributed by atoms with Gasteiger partial charge in [0.2, 0.25) is 0 Å². The summed E-state index contributed by atoms with van der Waals surface area (Å²) >= 11 is 5.99. The van der Waals surface area contributed by atoms with Gasteiger partial charge >= 0.3 is 0 Å². The summed E-state index contributed by atoms with van der Waals surface area (Å²) in [4.78, 5) is 3.32. The Morgan fingerprint density at radius 2 is 1.24 bits per heavy atom. The summed E-state index contributed by atoms with van der Waals surface area (Å²) in [5, 5.41) is 1.60. The van der Waals surface area contributed by atoms with E-state index in [-0.39, 0.29) is 0 Å². The van der Waals surface area contributed by atoms with Crippen molar-refractivity contribution in [1.29, 1.82) is 0 Å². The third-order valence-electron chi connectivity index (χ3n) is 5.38. The SMILES string of the molecule is Clc1ccc(C#Cc2cc(OCc3ccccc3)c3c(OCc4ccccc4)c[nH]c3c2)cc1. The van der Waals surface area contributed by atoms with Crippen LogP contribution in [0.2, 0.25) is 5.02 Å². The zero-order chi connectivity index (χ0) is 23.2. The molecule has 0 aliphatic rings. The normalized spacial score (nSPS) is 10.5. The topological polar surface area (TPSA) is 34.2 Å². The Hall–Kier alpha value is -4.13. The largest absolute Gasteiger partial charge is 0.488 e. The molecular formula is C30H22ClNO2. The summed E-state index contributed by atoms with van der Waals surface area (Å²) in [7, 11) is 0. The van der Waals surface area contributed by atoms with Crippen LogP contribution in [0.3, 0.4) is 0 Å². The average molecular weight is 464 g/mol. The van der Waals surface area contributed by atoms with Crippen LogP contribution in [0.1, 0.15) is 22.3 Å². The summed E-state index contributed by atoms with van der Waals surface area (Å²) in [6, 6.07) is 31.7. The molecule has 0 atom stereocenters. The first kappa shape index (κ1) is 21.7. The Kier molecular flexibility index (Phi) is 6.52. The van der Waals surface area contributed by atoms with E-state index in [0.717, 1.165) is 44.7 Å². The van der Waals surface area contributed by atoms with E-state index in [0.29, 0.717) is 18.2 Å². The van der Waals surface area contributed by atoms with Crippen LogP contribution >= 0.6 is 11.6 Å². The number of H-pyrrole nitrogens is 1. The van der Waals surface area contributed by atoms with Gasteiger partial charge in [-0.1, -0.05) is 84.1 Å². The summed E-state index contributed by atoms with van der Waals surface area (Å²) in [6.07, 6.45) is 1.87. The molecular weight excluding hydrogens is 442 g/mol. The van der Waals surface area contributed by atoms with Crippen molar-refractivity contribution in [2.75, 3.05) is 0 Å². The fraction of sp³-hybridized carbons (Fsp3) is 0.0667. The molecule has 0 bridgehead atoms. The average Bonchev–Trinajstić information content (AvgIpc) is 3.30. The lowest BCUT2D eigenvalue weighted by Crippen LogP contribution is -1.98. The second-order valence-corrected chi connectivity index (χ2v) is 8.29. The van der Waals surface area contributed by atoms with Crippen LogP contribution in [0, 0.1) is 11.8 Å². The third kappa shape index (κ3) is 5.26. The molecule has 0 fully saturated rings. The van der Waals surface area contributed by atoms with E-state index in [1.165, 1.54) is 0 Å². The molecule has 0 aliphatic carbocycles. The second-order valence-electron chi connectivity index (χ2n) is 7.86. The Morgan fingerprint density at radius 1 is 0.647 bits per heavy atom. The predicted molar refractivity (Wildman–Crippen MR) is 137 cm³/mol. The first-order valence-corrected chi connectivity index (χ1v) is 11.4. The number of ether oxygens (including phenoxy) is 2. The number of nitrogens with one attached hydrogen (secondary N) is 1. The van der Waals surface area contributed by atoms with Gasteiger partial charge in [-0.05, 0) is 47.5 Å². The van der Waals surface area contributed by atoms with Crippen LogP contribution in [0.4, 0.5) is 0 Å². The van der Waals surface area contributed by atoms with Gasteiger partial charge in [-0.15, -0.1) is 0 Å². The second kappa shape index (κ2) is 10.2. The van der Waals surface area contributed by atoms with Crippen molar-refractivity contribution in [1.82, 2.24) is 4.98 Å². The highest BCUT2D eigenvalue weighted by Gasteiger charge is 2.13. The number of aromatic nitrogens is 1. The van der Waals surface area contributed by atoms with Crippen LogP contribution in [0.15, 0.2) is 103 Å². The van der Waals surface area contributed by atoms with E-state index in [1.807, 2.05) is 103 Å². The van der Waals surface area contributed by atoms with Gasteiger partial charge in [0.1, 0.15) is 24.7 Å². The van der Waals surface area contributed by atoms with E-state index in [1.54, 1.807) is 0 Å². The minimum atomic E-state index is 0.452. The molecule has 1 N–H and O–H groups in total. The molecule has 166 valence electrons. The zero-order valence-corrected chi connectivity index (χ0v) is 19.2. The Morgan fingerprint density at radius 3 is 1.88 bits per heavy atom. The maximum absolute atomic E-state index is 6.28. The number of halogens is 1. The van der Waals surface area contributed by atoms with Gasteiger partial charge < -0.3 is 14.5 Å². The highest BCUT2D eigenvalue weighted by Crippen LogP contribution is 2.36. The van der Waals surface area contributed by atoms with Gasteiger partial charge in [0.15, 0.2) is 0 Å². The Balaban J connectivity index is 1.47. The molecule has 0 saturated heterocycles. The molecule has 4 heteroatoms. The van der Waals surface area contributed by atoms with Gasteiger partial charge in [0.25, 0.3) is 0 Å². The summed E-state index contributed by atoms with van der Waals surface area (Å²) in [6.45, 7) is 0.928. The number of fused-ring (bicyclic) bond motifs is 1. The van der Waals surface area contributed by atoms with Gasteiger partial charge in [-0.25, -0.2) is 0 Å². The molecule has 1 heterocycles. The highest BCUT2D eigenvalue weighted by molar-refractivity contribution is 6.30. The van der Waals surface area contributed by atoms with Crippen LogP contribution < -0.4 is 9.47 Å². The Labute approximate surface area is 203 Å².